The fraction of sp³-hybridized carbons (Fsp3) is 0.474. The molecule has 1 aromatic carbocycles. The standard InChI is InChI=1S/C19H23N3O4S/c1-26-18-6-4-3-5-15(18)16-11-17(21-20-16)19(23)22-12-7-8-13(22)10-14(9-12)27(2,24)25/h3-6,11-14H,7-10H2,1-2H3,(H,20,21). The Balaban J connectivity index is 1.57. The number of aromatic amines is 1. The number of para-hydroxylation sites is 1. The van der Waals surface area contributed by atoms with Crippen LogP contribution in [-0.4, -0.2) is 60.1 Å². The van der Waals surface area contributed by atoms with Crippen molar-refractivity contribution < 1.29 is 17.9 Å². The van der Waals surface area contributed by atoms with E-state index in [0.717, 1.165) is 18.4 Å². The van der Waals surface area contributed by atoms with E-state index in [9.17, 15) is 13.2 Å². The lowest BCUT2D eigenvalue weighted by Crippen LogP contribution is -2.49. The van der Waals surface area contributed by atoms with E-state index in [1.165, 1.54) is 6.26 Å². The first kappa shape index (κ1) is 18.0. The van der Waals surface area contributed by atoms with Gasteiger partial charge in [0.25, 0.3) is 5.91 Å². The van der Waals surface area contributed by atoms with Crippen molar-refractivity contribution in [3.63, 3.8) is 0 Å². The maximum absolute atomic E-state index is 13.1. The van der Waals surface area contributed by atoms with Gasteiger partial charge in [0.1, 0.15) is 21.3 Å². The summed E-state index contributed by atoms with van der Waals surface area (Å²) in [5.74, 6) is 0.583. The molecular formula is C19H23N3O4S. The number of methoxy groups -OCH3 is 1. The molecule has 0 spiro atoms. The Hall–Kier alpha value is -2.35. The molecule has 7 nitrogen and oxygen atoms in total. The molecule has 1 N–H and O–H groups in total. The molecule has 0 aliphatic carbocycles. The number of aromatic nitrogens is 2. The van der Waals surface area contributed by atoms with Crippen molar-refractivity contribution in [3.8, 4) is 17.0 Å². The van der Waals surface area contributed by atoms with Gasteiger partial charge in [0.15, 0.2) is 0 Å². The van der Waals surface area contributed by atoms with Gasteiger partial charge in [-0.05, 0) is 43.9 Å². The van der Waals surface area contributed by atoms with E-state index in [2.05, 4.69) is 10.2 Å². The van der Waals surface area contributed by atoms with Crippen LogP contribution in [0.15, 0.2) is 30.3 Å². The normalized spacial score (nSPS) is 24.8. The average molecular weight is 389 g/mol. The molecule has 1 aromatic heterocycles. The molecule has 1 amide bonds. The third-order valence-corrected chi connectivity index (χ3v) is 7.32. The summed E-state index contributed by atoms with van der Waals surface area (Å²) in [6, 6.07) is 9.21. The summed E-state index contributed by atoms with van der Waals surface area (Å²) in [4.78, 5) is 15.0. The summed E-state index contributed by atoms with van der Waals surface area (Å²) < 4.78 is 29.2. The maximum Gasteiger partial charge on any atom is 0.272 e. The number of hydrogen-bond donors (Lipinski definition) is 1. The van der Waals surface area contributed by atoms with Gasteiger partial charge in [-0.1, -0.05) is 12.1 Å². The van der Waals surface area contributed by atoms with Crippen LogP contribution in [0, 0.1) is 0 Å². The largest absolute Gasteiger partial charge is 0.496 e. The summed E-state index contributed by atoms with van der Waals surface area (Å²) in [7, 11) is -1.48. The van der Waals surface area contributed by atoms with E-state index >= 15 is 0 Å². The monoisotopic (exact) mass is 389 g/mol. The molecule has 2 aromatic rings. The third kappa shape index (κ3) is 3.22. The molecule has 2 bridgehead atoms. The lowest BCUT2D eigenvalue weighted by molar-refractivity contribution is 0.0592. The van der Waals surface area contributed by atoms with Crippen molar-refractivity contribution in [3.05, 3.63) is 36.0 Å². The highest BCUT2D eigenvalue weighted by Gasteiger charge is 2.46. The zero-order valence-electron chi connectivity index (χ0n) is 15.4. The first-order chi connectivity index (χ1) is 12.9. The molecule has 0 radical (unpaired) electrons. The molecule has 2 aliphatic heterocycles. The molecule has 8 heteroatoms. The van der Waals surface area contributed by atoms with E-state index in [4.69, 9.17) is 4.74 Å². The lowest BCUT2D eigenvalue weighted by Gasteiger charge is -2.38. The summed E-state index contributed by atoms with van der Waals surface area (Å²) in [5.41, 5.74) is 1.88. The number of carbonyl (C=O) groups excluding carboxylic acids is 1. The van der Waals surface area contributed by atoms with Crippen LogP contribution >= 0.6 is 0 Å². The van der Waals surface area contributed by atoms with E-state index in [0.29, 0.717) is 30.0 Å². The number of carbonyl (C=O) groups is 1. The number of H-pyrrole nitrogens is 1. The first-order valence-corrected chi connectivity index (χ1v) is 11.0. The van der Waals surface area contributed by atoms with E-state index in [1.807, 2.05) is 29.2 Å². The average Bonchev–Trinajstić information content (AvgIpc) is 3.23. The van der Waals surface area contributed by atoms with Gasteiger partial charge in [0.2, 0.25) is 0 Å². The number of nitrogens with one attached hydrogen (secondary N) is 1. The topological polar surface area (TPSA) is 92.4 Å². The molecule has 0 saturated carbocycles. The summed E-state index contributed by atoms with van der Waals surface area (Å²) >= 11 is 0. The molecular weight excluding hydrogens is 366 g/mol. The second kappa shape index (κ2) is 6.67. The quantitative estimate of drug-likeness (QED) is 0.866. The molecule has 3 heterocycles. The van der Waals surface area contributed by atoms with Gasteiger partial charge < -0.3 is 9.64 Å². The Morgan fingerprint density at radius 2 is 1.89 bits per heavy atom. The Labute approximate surface area is 158 Å². The minimum Gasteiger partial charge on any atom is -0.496 e. The molecule has 2 unspecified atom stereocenters. The Morgan fingerprint density at radius 1 is 1.22 bits per heavy atom. The molecule has 27 heavy (non-hydrogen) atoms. The molecule has 2 saturated heterocycles. The van der Waals surface area contributed by atoms with Gasteiger partial charge in [0, 0.05) is 23.9 Å². The van der Waals surface area contributed by atoms with Crippen LogP contribution in [0.25, 0.3) is 11.3 Å². The number of nitrogens with zero attached hydrogens (tertiary/aromatic N) is 2. The summed E-state index contributed by atoms with van der Waals surface area (Å²) in [5, 5.41) is 6.79. The minimum absolute atomic E-state index is 0.0195. The van der Waals surface area contributed by atoms with E-state index in [-0.39, 0.29) is 23.2 Å². The van der Waals surface area contributed by atoms with Crippen LogP contribution in [0.4, 0.5) is 0 Å². The lowest BCUT2D eigenvalue weighted by atomic mass is 10.0. The molecule has 2 fully saturated rings. The summed E-state index contributed by atoms with van der Waals surface area (Å²) in [6.45, 7) is 0. The smallest absolute Gasteiger partial charge is 0.272 e. The number of ether oxygens (including phenoxy) is 1. The van der Waals surface area contributed by atoms with Crippen molar-refractivity contribution in [2.24, 2.45) is 0 Å². The number of amides is 1. The van der Waals surface area contributed by atoms with Crippen LogP contribution < -0.4 is 4.74 Å². The Morgan fingerprint density at radius 3 is 2.52 bits per heavy atom. The zero-order valence-corrected chi connectivity index (χ0v) is 16.2. The fourth-order valence-electron chi connectivity index (χ4n) is 4.37. The van der Waals surface area contributed by atoms with Crippen LogP contribution in [0.1, 0.15) is 36.2 Å². The number of benzene rings is 1. The number of rotatable bonds is 4. The van der Waals surface area contributed by atoms with Crippen LogP contribution in [0.2, 0.25) is 0 Å². The highest BCUT2D eigenvalue weighted by Crippen LogP contribution is 2.39. The zero-order chi connectivity index (χ0) is 19.2. The van der Waals surface area contributed by atoms with Crippen molar-refractivity contribution in [2.75, 3.05) is 13.4 Å². The van der Waals surface area contributed by atoms with Crippen molar-refractivity contribution in [1.29, 1.82) is 0 Å². The number of fused-ring (bicyclic) bond motifs is 2. The molecule has 2 atom stereocenters. The first-order valence-electron chi connectivity index (χ1n) is 9.09. The van der Waals surface area contributed by atoms with E-state index < -0.39 is 9.84 Å². The third-order valence-electron chi connectivity index (χ3n) is 5.72. The Bertz CT molecular complexity index is 955. The van der Waals surface area contributed by atoms with Gasteiger partial charge >= 0.3 is 0 Å². The predicted octanol–water partition coefficient (Wildman–Crippen LogP) is 2.27. The highest BCUT2D eigenvalue weighted by molar-refractivity contribution is 7.91. The second-order valence-electron chi connectivity index (χ2n) is 7.39. The molecule has 4 rings (SSSR count). The van der Waals surface area contributed by atoms with Crippen LogP contribution in [0.5, 0.6) is 5.75 Å². The predicted molar refractivity (Wildman–Crippen MR) is 101 cm³/mol. The van der Waals surface area contributed by atoms with Crippen molar-refractivity contribution in [2.45, 2.75) is 43.0 Å². The second-order valence-corrected chi connectivity index (χ2v) is 9.71. The molecule has 144 valence electrons. The number of hydrogen-bond acceptors (Lipinski definition) is 5. The van der Waals surface area contributed by atoms with Crippen LogP contribution in [-0.2, 0) is 9.84 Å². The van der Waals surface area contributed by atoms with Crippen molar-refractivity contribution >= 4 is 15.7 Å². The van der Waals surface area contributed by atoms with Gasteiger partial charge in [-0.15, -0.1) is 0 Å². The van der Waals surface area contributed by atoms with Gasteiger partial charge in [-0.25, -0.2) is 8.42 Å². The fourth-order valence-corrected chi connectivity index (χ4v) is 5.52. The van der Waals surface area contributed by atoms with Gasteiger partial charge in [0.05, 0.1) is 18.1 Å². The highest BCUT2D eigenvalue weighted by atomic mass is 32.2. The van der Waals surface area contributed by atoms with E-state index in [1.54, 1.807) is 13.2 Å². The number of piperidine rings is 1. The van der Waals surface area contributed by atoms with Gasteiger partial charge in [-0.3, -0.25) is 9.89 Å². The Kier molecular flexibility index (Phi) is 4.46. The van der Waals surface area contributed by atoms with Gasteiger partial charge in [-0.2, -0.15) is 5.10 Å². The maximum atomic E-state index is 13.1. The molecule has 2 aliphatic rings. The SMILES string of the molecule is COc1ccccc1-c1cc(C(=O)N2C3CCC2CC(S(C)(=O)=O)C3)[nH]n1. The van der Waals surface area contributed by atoms with Crippen molar-refractivity contribution in [1.82, 2.24) is 15.1 Å². The minimum atomic E-state index is -3.08. The van der Waals surface area contributed by atoms with Crippen LogP contribution in [0.3, 0.4) is 0 Å². The summed E-state index contributed by atoms with van der Waals surface area (Å²) in [6.07, 6.45) is 4.05. The number of sulfone groups is 1.